The number of carbonyl (C=O) groups excluding carboxylic acids is 1. The zero-order valence-corrected chi connectivity index (χ0v) is 17.7. The molecule has 0 saturated carbocycles. The predicted octanol–water partition coefficient (Wildman–Crippen LogP) is 3.84. The van der Waals surface area contributed by atoms with Gasteiger partial charge in [-0.25, -0.2) is 0 Å². The number of amides is 1. The minimum Gasteiger partial charge on any atom is -0.504 e. The normalized spacial score (nSPS) is 16.1. The average molecular weight is 412 g/mol. The second-order valence-corrected chi connectivity index (χ2v) is 7.41. The largest absolute Gasteiger partial charge is 0.504 e. The average Bonchev–Trinajstić information content (AvgIpc) is 2.65. The zero-order chi connectivity index (χ0) is 21.1. The summed E-state index contributed by atoms with van der Waals surface area (Å²) in [5.41, 5.74) is 4.84. The van der Waals surface area contributed by atoms with Crippen LogP contribution in [0, 0.1) is 13.8 Å². The molecular formula is C22H25N3O3S. The summed E-state index contributed by atoms with van der Waals surface area (Å²) in [6, 6.07) is 10.4. The molecule has 0 spiro atoms. The Kier molecular flexibility index (Phi) is 6.08. The van der Waals surface area contributed by atoms with E-state index in [4.69, 9.17) is 17.0 Å². The number of aryl methyl sites for hydroxylation is 2. The summed E-state index contributed by atoms with van der Waals surface area (Å²) < 4.78 is 5.50. The number of rotatable bonds is 5. The first kappa shape index (κ1) is 20.7. The maximum absolute atomic E-state index is 13.2. The lowest BCUT2D eigenvalue weighted by Gasteiger charge is -2.30. The van der Waals surface area contributed by atoms with Crippen molar-refractivity contribution >= 4 is 28.9 Å². The molecule has 0 unspecified atom stereocenters. The van der Waals surface area contributed by atoms with Gasteiger partial charge in [-0.15, -0.1) is 0 Å². The van der Waals surface area contributed by atoms with Crippen LogP contribution in [-0.2, 0) is 4.79 Å². The van der Waals surface area contributed by atoms with Crippen LogP contribution in [0.2, 0.25) is 0 Å². The van der Waals surface area contributed by atoms with Crippen LogP contribution in [0.5, 0.6) is 11.5 Å². The number of benzene rings is 2. The molecule has 1 aliphatic rings. The van der Waals surface area contributed by atoms with Crippen molar-refractivity contribution in [1.29, 1.82) is 0 Å². The van der Waals surface area contributed by atoms with Crippen LogP contribution in [0.3, 0.4) is 0 Å². The zero-order valence-electron chi connectivity index (χ0n) is 16.9. The van der Waals surface area contributed by atoms with E-state index < -0.39 is 6.04 Å². The van der Waals surface area contributed by atoms with Crippen molar-refractivity contribution in [3.63, 3.8) is 0 Å². The van der Waals surface area contributed by atoms with Crippen LogP contribution >= 0.6 is 12.2 Å². The Morgan fingerprint density at radius 3 is 2.66 bits per heavy atom. The molecule has 1 heterocycles. The Hall–Kier alpha value is -3.06. The fourth-order valence-corrected chi connectivity index (χ4v) is 3.64. The molecule has 2 aromatic carbocycles. The maximum Gasteiger partial charge on any atom is 0.255 e. The second-order valence-electron chi connectivity index (χ2n) is 7.00. The highest BCUT2D eigenvalue weighted by atomic mass is 32.1. The van der Waals surface area contributed by atoms with Crippen molar-refractivity contribution in [2.45, 2.75) is 33.7 Å². The van der Waals surface area contributed by atoms with Gasteiger partial charge in [-0.05, 0) is 69.2 Å². The van der Waals surface area contributed by atoms with Crippen LogP contribution in [-0.4, -0.2) is 22.7 Å². The number of thiocarbonyl (C=S) groups is 1. The Balaban J connectivity index is 1.98. The van der Waals surface area contributed by atoms with Crippen LogP contribution in [0.4, 0.5) is 5.69 Å². The Morgan fingerprint density at radius 2 is 1.97 bits per heavy atom. The molecule has 1 aliphatic heterocycles. The van der Waals surface area contributed by atoms with Gasteiger partial charge >= 0.3 is 0 Å². The van der Waals surface area contributed by atoms with E-state index in [9.17, 15) is 9.90 Å². The fourth-order valence-electron chi connectivity index (χ4n) is 3.37. The fraction of sp³-hybridized carbons (Fsp3) is 0.273. The van der Waals surface area contributed by atoms with Gasteiger partial charge in [-0.1, -0.05) is 23.8 Å². The molecule has 0 aliphatic carbocycles. The number of hydrogen-bond donors (Lipinski definition) is 4. The van der Waals surface area contributed by atoms with E-state index >= 15 is 0 Å². The van der Waals surface area contributed by atoms with Crippen molar-refractivity contribution in [3.8, 4) is 11.5 Å². The van der Waals surface area contributed by atoms with E-state index in [1.54, 1.807) is 18.2 Å². The molecule has 0 bridgehead atoms. The van der Waals surface area contributed by atoms with Gasteiger partial charge in [0.1, 0.15) is 0 Å². The highest BCUT2D eigenvalue weighted by Crippen LogP contribution is 2.34. The lowest BCUT2D eigenvalue weighted by molar-refractivity contribution is -0.113. The molecule has 3 rings (SSSR count). The summed E-state index contributed by atoms with van der Waals surface area (Å²) >= 11 is 5.31. The van der Waals surface area contributed by atoms with Gasteiger partial charge in [-0.2, -0.15) is 0 Å². The van der Waals surface area contributed by atoms with Gasteiger partial charge in [0.05, 0.1) is 18.2 Å². The quantitative estimate of drug-likeness (QED) is 0.560. The monoisotopic (exact) mass is 411 g/mol. The Bertz CT molecular complexity index is 1000. The first-order valence-corrected chi connectivity index (χ1v) is 9.83. The van der Waals surface area contributed by atoms with E-state index in [2.05, 4.69) is 16.0 Å². The number of hydrogen-bond acceptors (Lipinski definition) is 4. The molecule has 1 amide bonds. The molecule has 1 atom stereocenters. The predicted molar refractivity (Wildman–Crippen MR) is 118 cm³/mol. The molecule has 2 aromatic rings. The van der Waals surface area contributed by atoms with E-state index in [-0.39, 0.29) is 11.7 Å². The molecule has 29 heavy (non-hydrogen) atoms. The molecule has 0 saturated heterocycles. The number of aromatic hydroxyl groups is 1. The lowest BCUT2D eigenvalue weighted by atomic mass is 9.94. The summed E-state index contributed by atoms with van der Waals surface area (Å²) in [7, 11) is 0. The number of nitrogens with one attached hydrogen (secondary N) is 3. The van der Waals surface area contributed by atoms with Crippen molar-refractivity contribution in [2.24, 2.45) is 0 Å². The van der Waals surface area contributed by atoms with E-state index in [1.165, 1.54) is 0 Å². The highest BCUT2D eigenvalue weighted by Gasteiger charge is 2.30. The topological polar surface area (TPSA) is 82.6 Å². The molecule has 0 aromatic heterocycles. The SMILES string of the molecule is CCOc1cc([C@@H]2NC(=S)NC(C)=C2C(=O)Nc2ccc(C)cc2C)ccc1O. The van der Waals surface area contributed by atoms with Gasteiger partial charge in [0.15, 0.2) is 16.6 Å². The van der Waals surface area contributed by atoms with Gasteiger partial charge < -0.3 is 25.8 Å². The number of anilines is 1. The first-order chi connectivity index (χ1) is 13.8. The minimum absolute atomic E-state index is 0.0501. The van der Waals surface area contributed by atoms with Crippen LogP contribution in [0.1, 0.15) is 36.6 Å². The summed E-state index contributed by atoms with van der Waals surface area (Å²) in [5, 5.41) is 19.6. The van der Waals surface area contributed by atoms with Gasteiger partial charge in [0, 0.05) is 11.4 Å². The van der Waals surface area contributed by atoms with Crippen molar-refractivity contribution in [1.82, 2.24) is 10.6 Å². The Labute approximate surface area is 176 Å². The third kappa shape index (κ3) is 4.51. The van der Waals surface area contributed by atoms with Crippen LogP contribution < -0.4 is 20.7 Å². The van der Waals surface area contributed by atoms with Gasteiger partial charge in [0.2, 0.25) is 0 Å². The van der Waals surface area contributed by atoms with Gasteiger partial charge in [0.25, 0.3) is 5.91 Å². The smallest absolute Gasteiger partial charge is 0.255 e. The number of phenolic OH excluding ortho intramolecular Hbond substituents is 1. The molecule has 6 nitrogen and oxygen atoms in total. The molecule has 7 heteroatoms. The molecular weight excluding hydrogens is 386 g/mol. The number of allylic oxidation sites excluding steroid dienone is 1. The van der Waals surface area contributed by atoms with Gasteiger partial charge in [-0.3, -0.25) is 4.79 Å². The second kappa shape index (κ2) is 8.53. The van der Waals surface area contributed by atoms with Crippen molar-refractivity contribution in [3.05, 3.63) is 64.4 Å². The van der Waals surface area contributed by atoms with Crippen molar-refractivity contribution < 1.29 is 14.6 Å². The number of phenols is 1. The first-order valence-electron chi connectivity index (χ1n) is 9.42. The summed E-state index contributed by atoms with van der Waals surface area (Å²) in [6.07, 6.45) is 0. The van der Waals surface area contributed by atoms with E-state index in [1.807, 2.05) is 45.9 Å². The maximum atomic E-state index is 13.2. The molecule has 152 valence electrons. The standard InChI is InChI=1S/C22H25N3O3S/c1-5-28-18-11-15(7-9-17(18)26)20-19(14(4)23-22(29)25-20)21(27)24-16-8-6-12(2)10-13(16)3/h6-11,20,26H,5H2,1-4H3,(H,24,27)(H2,23,25,29)/t20-/m0/s1. The third-order valence-corrected chi connectivity index (χ3v) is 4.98. The number of carbonyl (C=O) groups is 1. The Morgan fingerprint density at radius 1 is 1.21 bits per heavy atom. The molecule has 0 fully saturated rings. The number of ether oxygens (including phenoxy) is 1. The summed E-state index contributed by atoms with van der Waals surface area (Å²) in [4.78, 5) is 13.2. The lowest BCUT2D eigenvalue weighted by Crippen LogP contribution is -2.45. The summed E-state index contributed by atoms with van der Waals surface area (Å²) in [6.45, 7) is 8.06. The van der Waals surface area contributed by atoms with Crippen LogP contribution in [0.25, 0.3) is 0 Å². The molecule has 0 radical (unpaired) electrons. The molecule has 4 N–H and O–H groups in total. The highest BCUT2D eigenvalue weighted by molar-refractivity contribution is 7.80. The van der Waals surface area contributed by atoms with E-state index in [0.717, 1.165) is 22.4 Å². The van der Waals surface area contributed by atoms with E-state index in [0.29, 0.717) is 28.7 Å². The minimum atomic E-state index is -0.477. The van der Waals surface area contributed by atoms with Crippen molar-refractivity contribution in [2.75, 3.05) is 11.9 Å². The third-order valence-electron chi connectivity index (χ3n) is 4.76. The van der Waals surface area contributed by atoms with Crippen LogP contribution in [0.15, 0.2) is 47.7 Å². The summed E-state index contributed by atoms with van der Waals surface area (Å²) in [5.74, 6) is 0.185.